The fourth-order valence-corrected chi connectivity index (χ4v) is 2.45. The zero-order valence-electron chi connectivity index (χ0n) is 12.0. The molecule has 1 N–H and O–H groups in total. The summed E-state index contributed by atoms with van der Waals surface area (Å²) in [5, 5.41) is 14.1. The lowest BCUT2D eigenvalue weighted by Crippen LogP contribution is -2.26. The summed E-state index contributed by atoms with van der Waals surface area (Å²) in [6.45, 7) is 1.90. The molecule has 0 aromatic heterocycles. The molecule has 0 aliphatic carbocycles. The molecule has 114 valence electrons. The largest absolute Gasteiger partial charge is 0.545 e. The molecule has 0 aliphatic heterocycles. The number of amides is 1. The van der Waals surface area contributed by atoms with E-state index in [-0.39, 0.29) is 23.1 Å². The van der Waals surface area contributed by atoms with Crippen molar-refractivity contribution in [2.45, 2.75) is 19.3 Å². The standard InChI is InChI=1S/C17H16ClNO3/c1-2-13(11-6-4-3-5-7-11)16(20)19-15-10-12(18)8-9-14(15)17(21)22/h3-10,13H,2H2,1H3,(H,19,20)(H,21,22)/p-1/t13-/m0/s1. The van der Waals surface area contributed by atoms with Gasteiger partial charge >= 0.3 is 0 Å². The first-order valence-electron chi connectivity index (χ1n) is 6.89. The van der Waals surface area contributed by atoms with Crippen molar-refractivity contribution >= 4 is 29.2 Å². The third-order valence-corrected chi connectivity index (χ3v) is 3.62. The van der Waals surface area contributed by atoms with Crippen LogP contribution in [0.25, 0.3) is 0 Å². The molecule has 0 saturated heterocycles. The predicted molar refractivity (Wildman–Crippen MR) is 83.9 cm³/mol. The second-order valence-electron chi connectivity index (χ2n) is 4.84. The third kappa shape index (κ3) is 3.65. The molecular weight excluding hydrogens is 302 g/mol. The van der Waals surface area contributed by atoms with Gasteiger partial charge in [0.2, 0.25) is 5.91 Å². The lowest BCUT2D eigenvalue weighted by Gasteiger charge is -2.18. The Morgan fingerprint density at radius 2 is 1.86 bits per heavy atom. The zero-order chi connectivity index (χ0) is 16.1. The van der Waals surface area contributed by atoms with Crippen molar-refractivity contribution < 1.29 is 14.7 Å². The fourth-order valence-electron chi connectivity index (χ4n) is 2.28. The molecule has 0 spiro atoms. The fraction of sp³-hybridized carbons (Fsp3) is 0.176. The Bertz CT molecular complexity index is 686. The summed E-state index contributed by atoms with van der Waals surface area (Å²) in [5.41, 5.74) is 0.923. The van der Waals surface area contributed by atoms with Crippen LogP contribution in [-0.4, -0.2) is 11.9 Å². The van der Waals surface area contributed by atoms with Gasteiger partial charge < -0.3 is 15.2 Å². The maximum Gasteiger partial charge on any atom is 0.231 e. The summed E-state index contributed by atoms with van der Waals surface area (Å²) in [6, 6.07) is 13.5. The summed E-state index contributed by atoms with van der Waals surface area (Å²) in [4.78, 5) is 23.6. The minimum atomic E-state index is -1.36. The maximum absolute atomic E-state index is 12.5. The second-order valence-corrected chi connectivity index (χ2v) is 5.27. The van der Waals surface area contributed by atoms with Gasteiger partial charge in [-0.3, -0.25) is 4.79 Å². The van der Waals surface area contributed by atoms with Crippen molar-refractivity contribution in [3.8, 4) is 0 Å². The van der Waals surface area contributed by atoms with Crippen LogP contribution in [0.15, 0.2) is 48.5 Å². The molecule has 2 rings (SSSR count). The van der Waals surface area contributed by atoms with E-state index in [1.54, 1.807) is 0 Å². The summed E-state index contributed by atoms with van der Waals surface area (Å²) in [7, 11) is 0. The Hall–Kier alpha value is -2.33. The van der Waals surface area contributed by atoms with Gasteiger partial charge in [0.15, 0.2) is 0 Å². The van der Waals surface area contributed by atoms with Gasteiger partial charge in [0.25, 0.3) is 0 Å². The Kier molecular flexibility index (Phi) is 5.17. The lowest BCUT2D eigenvalue weighted by atomic mass is 9.95. The molecular formula is C17H15ClNO3-. The molecule has 0 unspecified atom stereocenters. The molecule has 0 saturated carbocycles. The smallest absolute Gasteiger partial charge is 0.231 e. The molecule has 0 heterocycles. The molecule has 0 aliphatic rings. The van der Waals surface area contributed by atoms with E-state index >= 15 is 0 Å². The minimum Gasteiger partial charge on any atom is -0.545 e. The third-order valence-electron chi connectivity index (χ3n) is 3.39. The van der Waals surface area contributed by atoms with Gasteiger partial charge in [-0.1, -0.05) is 48.9 Å². The molecule has 0 fully saturated rings. The number of halogens is 1. The van der Waals surface area contributed by atoms with Crippen LogP contribution in [-0.2, 0) is 4.79 Å². The average Bonchev–Trinajstić information content (AvgIpc) is 2.48. The SMILES string of the molecule is CC[C@H](C(=O)Nc1cc(Cl)ccc1C(=O)[O-])c1ccccc1. The number of carbonyl (C=O) groups excluding carboxylic acids is 2. The molecule has 4 nitrogen and oxygen atoms in total. The molecule has 1 atom stereocenters. The number of benzene rings is 2. The first-order valence-corrected chi connectivity index (χ1v) is 7.27. The van der Waals surface area contributed by atoms with Crippen LogP contribution in [0.2, 0.25) is 5.02 Å². The summed E-state index contributed by atoms with van der Waals surface area (Å²) in [5.74, 6) is -2.01. The van der Waals surface area contributed by atoms with Crippen LogP contribution in [0.5, 0.6) is 0 Å². The Morgan fingerprint density at radius 1 is 1.18 bits per heavy atom. The van der Waals surface area contributed by atoms with Crippen LogP contribution in [0.1, 0.15) is 35.2 Å². The van der Waals surface area contributed by atoms with E-state index in [2.05, 4.69) is 5.32 Å². The van der Waals surface area contributed by atoms with Gasteiger partial charge in [0, 0.05) is 10.6 Å². The van der Waals surface area contributed by atoms with Gasteiger partial charge in [-0.05, 0) is 30.2 Å². The van der Waals surface area contributed by atoms with E-state index in [9.17, 15) is 14.7 Å². The second kappa shape index (κ2) is 7.09. The molecule has 22 heavy (non-hydrogen) atoms. The van der Waals surface area contributed by atoms with Gasteiger partial charge in [0.05, 0.1) is 17.6 Å². The first-order chi connectivity index (χ1) is 10.5. The summed E-state index contributed by atoms with van der Waals surface area (Å²) < 4.78 is 0. The highest BCUT2D eigenvalue weighted by Crippen LogP contribution is 2.25. The van der Waals surface area contributed by atoms with Gasteiger partial charge in [-0.25, -0.2) is 0 Å². The number of hydrogen-bond acceptors (Lipinski definition) is 3. The van der Waals surface area contributed by atoms with Crippen molar-refractivity contribution in [3.63, 3.8) is 0 Å². The lowest BCUT2D eigenvalue weighted by molar-refractivity contribution is -0.254. The van der Waals surface area contributed by atoms with E-state index < -0.39 is 5.97 Å². The topological polar surface area (TPSA) is 69.2 Å². The van der Waals surface area contributed by atoms with Crippen molar-refractivity contribution in [3.05, 3.63) is 64.7 Å². The molecule has 2 aromatic carbocycles. The van der Waals surface area contributed by atoms with Crippen molar-refractivity contribution in [1.29, 1.82) is 0 Å². The number of carboxylic acid groups (broad SMARTS) is 1. The van der Waals surface area contributed by atoms with E-state index in [4.69, 9.17) is 11.6 Å². The van der Waals surface area contributed by atoms with Gasteiger partial charge in [-0.2, -0.15) is 0 Å². The number of nitrogens with one attached hydrogen (secondary N) is 1. The van der Waals surface area contributed by atoms with E-state index in [0.717, 1.165) is 5.56 Å². The first kappa shape index (κ1) is 16.0. The molecule has 5 heteroatoms. The van der Waals surface area contributed by atoms with E-state index in [0.29, 0.717) is 11.4 Å². The molecule has 0 bridgehead atoms. The number of carboxylic acids is 1. The Balaban J connectivity index is 2.28. The highest BCUT2D eigenvalue weighted by molar-refractivity contribution is 6.31. The summed E-state index contributed by atoms with van der Waals surface area (Å²) >= 11 is 5.87. The molecule has 1 amide bonds. The van der Waals surface area contributed by atoms with Crippen LogP contribution in [0.4, 0.5) is 5.69 Å². The van der Waals surface area contributed by atoms with E-state index in [1.807, 2.05) is 37.3 Å². The van der Waals surface area contributed by atoms with Crippen LogP contribution in [0.3, 0.4) is 0 Å². The number of aromatic carboxylic acids is 1. The highest BCUT2D eigenvalue weighted by Gasteiger charge is 2.19. The normalized spacial score (nSPS) is 11.7. The zero-order valence-corrected chi connectivity index (χ0v) is 12.8. The van der Waals surface area contributed by atoms with Crippen LogP contribution in [0, 0.1) is 0 Å². The Labute approximate surface area is 133 Å². The van der Waals surface area contributed by atoms with Crippen molar-refractivity contribution in [1.82, 2.24) is 0 Å². The average molecular weight is 317 g/mol. The molecule has 2 aromatic rings. The predicted octanol–water partition coefficient (Wildman–Crippen LogP) is 2.84. The van der Waals surface area contributed by atoms with Crippen LogP contribution >= 0.6 is 11.6 Å². The number of rotatable bonds is 5. The quantitative estimate of drug-likeness (QED) is 0.922. The van der Waals surface area contributed by atoms with Crippen LogP contribution < -0.4 is 10.4 Å². The minimum absolute atomic E-state index is 0.0966. The van der Waals surface area contributed by atoms with Crippen molar-refractivity contribution in [2.24, 2.45) is 0 Å². The van der Waals surface area contributed by atoms with Gasteiger partial charge in [0.1, 0.15) is 0 Å². The monoisotopic (exact) mass is 316 g/mol. The van der Waals surface area contributed by atoms with E-state index in [1.165, 1.54) is 18.2 Å². The number of anilines is 1. The van der Waals surface area contributed by atoms with Gasteiger partial charge in [-0.15, -0.1) is 0 Å². The highest BCUT2D eigenvalue weighted by atomic mass is 35.5. The number of hydrogen-bond donors (Lipinski definition) is 1. The molecule has 0 radical (unpaired) electrons. The maximum atomic E-state index is 12.5. The Morgan fingerprint density at radius 3 is 2.45 bits per heavy atom. The number of carbonyl (C=O) groups is 2. The summed E-state index contributed by atoms with van der Waals surface area (Å²) in [6.07, 6.45) is 0.594. The van der Waals surface area contributed by atoms with Crippen molar-refractivity contribution in [2.75, 3.05) is 5.32 Å².